The van der Waals surface area contributed by atoms with Crippen LogP contribution < -0.4 is 0 Å². The van der Waals surface area contributed by atoms with Crippen LogP contribution in [0, 0.1) is 69.0 Å². The number of aryl methyl sites for hydroxylation is 4. The number of halogens is 1. The van der Waals surface area contributed by atoms with Gasteiger partial charge in [-0.15, -0.1) is 0 Å². The fourth-order valence-electron chi connectivity index (χ4n) is 16.6. The molecular formula is C94H129F. The summed E-state index contributed by atoms with van der Waals surface area (Å²) in [5.74, 6) is 9.89. The molecule has 14 rings (SSSR count). The van der Waals surface area contributed by atoms with Gasteiger partial charge >= 0.3 is 0 Å². The number of hydrogen-bond donors (Lipinski definition) is 0. The molecule has 6 saturated carbocycles. The SMILES string of the molecule is CC1CCC(c2ccc(-c3ccc(C4CCC(C)CC4)cc3)cc2)CC1.CC1CCC(c2ccc(-c3ccc(C4CCC(C)CC4)cc3F)cc2)CC1.Cc1ccc(-c2ccc(C)cc2)cc1.Cc1ccc(C2CCC(C)CC2)cc1.Cc1ccc(C2CCC(C)CC2)cc1.[HH].[HH].[HH].[HH]. The first-order valence-corrected chi connectivity index (χ1v) is 38.4. The molecule has 0 spiro atoms. The van der Waals surface area contributed by atoms with Gasteiger partial charge in [0.2, 0.25) is 0 Å². The molecule has 95 heavy (non-hydrogen) atoms. The number of rotatable bonds is 9. The molecule has 0 bridgehead atoms. The minimum Gasteiger partial charge on any atom is -0.206 e. The molecule has 8 aromatic rings. The summed E-state index contributed by atoms with van der Waals surface area (Å²) in [6.45, 7) is 22.8. The predicted octanol–water partition coefficient (Wildman–Crippen LogP) is 29.6. The van der Waals surface area contributed by atoms with Crippen LogP contribution in [0.5, 0.6) is 0 Å². The third kappa shape index (κ3) is 21.6. The maximum Gasteiger partial charge on any atom is 0.131 e. The quantitative estimate of drug-likeness (QED) is 0.135. The van der Waals surface area contributed by atoms with Gasteiger partial charge in [0.25, 0.3) is 0 Å². The van der Waals surface area contributed by atoms with Crippen LogP contribution in [0.3, 0.4) is 0 Å². The van der Waals surface area contributed by atoms with E-state index in [1.807, 2.05) is 6.07 Å². The van der Waals surface area contributed by atoms with E-state index in [4.69, 9.17) is 0 Å². The van der Waals surface area contributed by atoms with Crippen molar-refractivity contribution in [3.05, 3.63) is 250 Å². The molecule has 0 heterocycles. The standard InChI is InChI=1S/C26H33F.C26H34.2C14H20.C14H14.4H2/c1-18-3-7-20(8-4-18)21-11-13-23(14-12-21)25-16-15-24(17-26(25)27)22-9-5-19(2)6-10-22;1-19-3-7-21(8-4-19)23-11-15-25(16-12-23)26-17-13-24(14-18-26)22-9-5-20(2)6-10-22;3*1-11-3-7-13(8-4-11)14-9-5-12(2)6-10-14;;;;/h11-20,22H,3-10H2,1-2H3;11-22H,3-10H2,1-2H3;2*3-4,7-8,12,14H,5-6,9-10H2,1-2H3;3-10H,1-2H3;4*1H. The second-order valence-electron chi connectivity index (χ2n) is 31.9. The monoisotopic (exact) mass is 1280 g/mol. The van der Waals surface area contributed by atoms with E-state index in [9.17, 15) is 4.39 Å². The maximum absolute atomic E-state index is 14.9. The van der Waals surface area contributed by atoms with E-state index in [1.165, 1.54) is 210 Å². The lowest BCUT2D eigenvalue weighted by Crippen LogP contribution is -2.11. The smallest absolute Gasteiger partial charge is 0.131 e. The summed E-state index contributed by atoms with van der Waals surface area (Å²) in [6.07, 6.45) is 32.5. The second kappa shape index (κ2) is 35.8. The average Bonchev–Trinajstić information content (AvgIpc) is 0.820. The highest BCUT2D eigenvalue weighted by Gasteiger charge is 2.25. The van der Waals surface area contributed by atoms with Crippen molar-refractivity contribution in [2.24, 2.45) is 35.5 Å². The van der Waals surface area contributed by atoms with E-state index >= 15 is 0 Å². The highest BCUT2D eigenvalue weighted by molar-refractivity contribution is 5.66. The minimum atomic E-state index is -0.0645. The predicted molar refractivity (Wildman–Crippen MR) is 418 cm³/mol. The Morgan fingerprint density at radius 3 is 0.600 bits per heavy atom. The Labute approximate surface area is 584 Å². The molecule has 0 amide bonds. The molecule has 0 aromatic heterocycles. The van der Waals surface area contributed by atoms with Gasteiger partial charge in [-0.05, 0) is 243 Å². The van der Waals surface area contributed by atoms with E-state index in [0.717, 1.165) is 70.3 Å². The Morgan fingerprint density at radius 2 is 0.379 bits per heavy atom. The summed E-state index contributed by atoms with van der Waals surface area (Å²) in [5, 5.41) is 0. The van der Waals surface area contributed by atoms with E-state index in [-0.39, 0.29) is 11.5 Å². The molecule has 8 aromatic carbocycles. The van der Waals surface area contributed by atoms with E-state index in [2.05, 4.69) is 245 Å². The Hall–Kier alpha value is -6.31. The average molecular weight is 1280 g/mol. The number of benzene rings is 8. The normalized spacial score (nSPS) is 25.9. The fraction of sp³-hybridized carbons (Fsp3) is 0.489. The summed E-state index contributed by atoms with van der Waals surface area (Å²) in [5.41, 5.74) is 21.2. The molecular weight excluding hydrogens is 1150 g/mol. The molecule has 0 N–H and O–H groups in total. The first kappa shape index (κ1) is 71.5. The van der Waals surface area contributed by atoms with Crippen molar-refractivity contribution in [3.8, 4) is 33.4 Å². The largest absolute Gasteiger partial charge is 0.206 e. The lowest BCUT2D eigenvalue weighted by Gasteiger charge is -2.27. The van der Waals surface area contributed by atoms with Gasteiger partial charge in [-0.25, -0.2) is 4.39 Å². The molecule has 6 fully saturated rings. The summed E-state index contributed by atoms with van der Waals surface area (Å²) < 4.78 is 14.9. The third-order valence-electron chi connectivity index (χ3n) is 23.9. The van der Waals surface area contributed by atoms with Gasteiger partial charge in [0.05, 0.1) is 0 Å². The fourth-order valence-corrected chi connectivity index (χ4v) is 16.6. The maximum atomic E-state index is 14.9. The molecule has 0 nitrogen and oxygen atoms in total. The van der Waals surface area contributed by atoms with Crippen LogP contribution in [0.15, 0.2) is 188 Å². The van der Waals surface area contributed by atoms with E-state index < -0.39 is 0 Å². The van der Waals surface area contributed by atoms with Crippen molar-refractivity contribution in [2.45, 2.75) is 259 Å². The first-order chi connectivity index (χ1) is 46.0. The molecule has 1 heteroatoms. The molecule has 0 aliphatic heterocycles. The second-order valence-corrected chi connectivity index (χ2v) is 31.9. The van der Waals surface area contributed by atoms with Crippen LogP contribution in [0.2, 0.25) is 0 Å². The van der Waals surface area contributed by atoms with Gasteiger partial charge in [0.1, 0.15) is 5.82 Å². The van der Waals surface area contributed by atoms with E-state index in [1.54, 1.807) is 28.3 Å². The summed E-state index contributed by atoms with van der Waals surface area (Å²) >= 11 is 0. The van der Waals surface area contributed by atoms with Gasteiger partial charge in [-0.3, -0.25) is 0 Å². The van der Waals surface area contributed by atoms with Gasteiger partial charge in [0.15, 0.2) is 0 Å². The molecule has 0 radical (unpaired) electrons. The Balaban J connectivity index is 0.000000200. The van der Waals surface area contributed by atoms with Crippen LogP contribution in [-0.2, 0) is 0 Å². The van der Waals surface area contributed by atoms with Crippen molar-refractivity contribution >= 4 is 0 Å². The van der Waals surface area contributed by atoms with Crippen LogP contribution >= 0.6 is 0 Å². The van der Waals surface area contributed by atoms with Gasteiger partial charge in [-0.2, -0.15) is 0 Å². The third-order valence-corrected chi connectivity index (χ3v) is 23.9. The van der Waals surface area contributed by atoms with Crippen molar-refractivity contribution in [1.29, 1.82) is 0 Å². The van der Waals surface area contributed by atoms with Crippen LogP contribution in [0.4, 0.5) is 4.39 Å². The Morgan fingerprint density at radius 1 is 0.211 bits per heavy atom. The Kier molecular flexibility index (Phi) is 26.9. The highest BCUT2D eigenvalue weighted by atomic mass is 19.1. The highest BCUT2D eigenvalue weighted by Crippen LogP contribution is 2.42. The zero-order valence-electron chi connectivity index (χ0n) is 60.7. The van der Waals surface area contributed by atoms with Gasteiger partial charge < -0.3 is 0 Å². The molecule has 0 unspecified atom stereocenters. The topological polar surface area (TPSA) is 0 Å². The minimum absolute atomic E-state index is 0. The summed E-state index contributed by atoms with van der Waals surface area (Å²) in [4.78, 5) is 0. The molecule has 0 saturated heterocycles. The van der Waals surface area contributed by atoms with Crippen molar-refractivity contribution in [2.75, 3.05) is 0 Å². The van der Waals surface area contributed by atoms with Gasteiger partial charge in [-0.1, -0.05) is 323 Å². The van der Waals surface area contributed by atoms with Crippen LogP contribution in [-0.4, -0.2) is 0 Å². The molecule has 6 aliphatic rings. The van der Waals surface area contributed by atoms with Gasteiger partial charge in [0, 0.05) is 11.3 Å². The summed E-state index contributed by atoms with van der Waals surface area (Å²) in [7, 11) is 0. The summed E-state index contributed by atoms with van der Waals surface area (Å²) in [6, 6.07) is 69.0. The first-order valence-electron chi connectivity index (χ1n) is 38.4. The zero-order chi connectivity index (χ0) is 66.6. The van der Waals surface area contributed by atoms with Crippen molar-refractivity contribution in [1.82, 2.24) is 0 Å². The molecule has 0 atom stereocenters. The number of hydrogen-bond acceptors (Lipinski definition) is 0. The lowest BCUT2D eigenvalue weighted by molar-refractivity contribution is 0.347. The van der Waals surface area contributed by atoms with Crippen molar-refractivity contribution < 1.29 is 10.1 Å². The van der Waals surface area contributed by atoms with Crippen molar-refractivity contribution in [3.63, 3.8) is 0 Å². The Bertz CT molecular complexity index is 3300. The van der Waals surface area contributed by atoms with Crippen LogP contribution in [0.1, 0.15) is 292 Å². The molecule has 512 valence electrons. The molecule has 6 aliphatic carbocycles. The zero-order valence-corrected chi connectivity index (χ0v) is 60.7. The van der Waals surface area contributed by atoms with E-state index in [0.29, 0.717) is 11.8 Å². The lowest BCUT2D eigenvalue weighted by atomic mass is 9.79. The van der Waals surface area contributed by atoms with Crippen LogP contribution in [0.25, 0.3) is 33.4 Å².